The molecule has 1 N–H and O–H groups in total. The Bertz CT molecular complexity index is 849. The number of nitrogens with one attached hydrogen (secondary N) is 1. The van der Waals surface area contributed by atoms with Gasteiger partial charge in [-0.1, -0.05) is 85.8 Å². The average molecular weight is 373 g/mol. The number of para-hydroxylation sites is 1. The summed E-state index contributed by atoms with van der Waals surface area (Å²) in [5, 5.41) is 3.15. The summed E-state index contributed by atoms with van der Waals surface area (Å²) in [6, 6.07) is 26.8. The molecule has 3 heteroatoms. The molecule has 0 radical (unpaired) electrons. The number of rotatable bonds is 8. The van der Waals surface area contributed by atoms with Gasteiger partial charge in [-0.25, -0.2) is 0 Å². The van der Waals surface area contributed by atoms with Crippen LogP contribution in [0.15, 0.2) is 78.9 Å². The molecule has 0 aliphatic carbocycles. The molecule has 0 aliphatic heterocycles. The van der Waals surface area contributed by atoms with Gasteiger partial charge in [0.05, 0.1) is 6.54 Å². The fraction of sp³-hybridized carbons (Fsp3) is 0.240. The third-order valence-electron chi connectivity index (χ3n) is 4.87. The van der Waals surface area contributed by atoms with Gasteiger partial charge < -0.3 is 5.32 Å². The number of carbonyl (C=O) groups is 1. The minimum atomic E-state index is 0.0239. The molecule has 0 atom stereocenters. The van der Waals surface area contributed by atoms with Gasteiger partial charge in [0.15, 0.2) is 0 Å². The number of aryl methyl sites for hydroxylation is 2. The molecule has 3 nitrogen and oxygen atoms in total. The molecule has 0 heterocycles. The van der Waals surface area contributed by atoms with E-state index in [0.29, 0.717) is 6.54 Å². The summed E-state index contributed by atoms with van der Waals surface area (Å²) in [7, 11) is 0. The summed E-state index contributed by atoms with van der Waals surface area (Å²) in [4.78, 5) is 15.1. The predicted octanol–water partition coefficient (Wildman–Crippen LogP) is 5.20. The number of benzene rings is 3. The van der Waals surface area contributed by atoms with Crippen molar-refractivity contribution in [2.75, 3.05) is 11.9 Å². The summed E-state index contributed by atoms with van der Waals surface area (Å²) in [5.74, 6) is 0.0239. The van der Waals surface area contributed by atoms with Gasteiger partial charge in [0.25, 0.3) is 0 Å². The van der Waals surface area contributed by atoms with Gasteiger partial charge in [-0.05, 0) is 35.6 Å². The van der Waals surface area contributed by atoms with Crippen molar-refractivity contribution in [1.82, 2.24) is 4.90 Å². The second-order valence-corrected chi connectivity index (χ2v) is 7.13. The van der Waals surface area contributed by atoms with Crippen molar-refractivity contribution in [3.63, 3.8) is 0 Å². The van der Waals surface area contributed by atoms with E-state index in [9.17, 15) is 4.79 Å². The first-order chi connectivity index (χ1) is 13.7. The lowest BCUT2D eigenvalue weighted by Crippen LogP contribution is -2.33. The Morgan fingerprint density at radius 2 is 1.39 bits per heavy atom. The highest BCUT2D eigenvalue weighted by atomic mass is 16.2. The Morgan fingerprint density at radius 3 is 1.93 bits per heavy atom. The van der Waals surface area contributed by atoms with E-state index < -0.39 is 0 Å². The Kier molecular flexibility index (Phi) is 6.99. The molecule has 0 aliphatic rings. The lowest BCUT2D eigenvalue weighted by atomic mass is 10.1. The van der Waals surface area contributed by atoms with Crippen LogP contribution in [0.25, 0.3) is 0 Å². The summed E-state index contributed by atoms with van der Waals surface area (Å²) >= 11 is 0. The summed E-state index contributed by atoms with van der Waals surface area (Å²) in [6.45, 7) is 5.97. The van der Waals surface area contributed by atoms with Gasteiger partial charge >= 0.3 is 0 Å². The van der Waals surface area contributed by atoms with Crippen molar-refractivity contribution < 1.29 is 4.79 Å². The fourth-order valence-corrected chi connectivity index (χ4v) is 3.43. The highest BCUT2D eigenvalue weighted by molar-refractivity contribution is 5.93. The van der Waals surface area contributed by atoms with Gasteiger partial charge in [0.2, 0.25) is 5.91 Å². The number of nitrogens with zero attached hydrogens (tertiary/aromatic N) is 1. The van der Waals surface area contributed by atoms with Crippen LogP contribution in [-0.4, -0.2) is 17.4 Å². The molecule has 1 amide bonds. The van der Waals surface area contributed by atoms with Gasteiger partial charge in [0, 0.05) is 18.8 Å². The second kappa shape index (κ2) is 9.86. The van der Waals surface area contributed by atoms with Crippen LogP contribution >= 0.6 is 0 Å². The topological polar surface area (TPSA) is 32.3 Å². The van der Waals surface area contributed by atoms with E-state index in [0.717, 1.165) is 30.8 Å². The molecule has 144 valence electrons. The summed E-state index contributed by atoms with van der Waals surface area (Å²) in [6.07, 6.45) is 0.898. The summed E-state index contributed by atoms with van der Waals surface area (Å²) < 4.78 is 0. The lowest BCUT2D eigenvalue weighted by molar-refractivity contribution is -0.117. The third-order valence-corrected chi connectivity index (χ3v) is 4.87. The zero-order valence-corrected chi connectivity index (χ0v) is 16.7. The fourth-order valence-electron chi connectivity index (χ4n) is 3.43. The quantitative estimate of drug-likeness (QED) is 0.589. The van der Waals surface area contributed by atoms with E-state index in [2.05, 4.69) is 47.5 Å². The van der Waals surface area contributed by atoms with Gasteiger partial charge in [0.1, 0.15) is 0 Å². The first-order valence-corrected chi connectivity index (χ1v) is 9.84. The van der Waals surface area contributed by atoms with Crippen LogP contribution in [-0.2, 0) is 24.3 Å². The predicted molar refractivity (Wildman–Crippen MR) is 116 cm³/mol. The second-order valence-electron chi connectivity index (χ2n) is 7.13. The number of amides is 1. The molecule has 3 rings (SSSR count). The van der Waals surface area contributed by atoms with Crippen molar-refractivity contribution in [1.29, 1.82) is 0 Å². The first-order valence-electron chi connectivity index (χ1n) is 9.84. The highest BCUT2D eigenvalue weighted by Gasteiger charge is 2.14. The van der Waals surface area contributed by atoms with Crippen molar-refractivity contribution >= 4 is 11.6 Å². The zero-order valence-electron chi connectivity index (χ0n) is 16.7. The molecule has 3 aromatic rings. The molecule has 0 bridgehead atoms. The molecular weight excluding hydrogens is 344 g/mol. The lowest BCUT2D eigenvalue weighted by Gasteiger charge is -2.23. The largest absolute Gasteiger partial charge is 0.324 e. The monoisotopic (exact) mass is 372 g/mol. The van der Waals surface area contributed by atoms with Crippen molar-refractivity contribution in [2.24, 2.45) is 0 Å². The SMILES string of the molecule is CCc1cccc(C)c1NC(=O)CN(Cc1ccccc1)Cc1ccccc1. The Morgan fingerprint density at radius 1 is 0.821 bits per heavy atom. The number of hydrogen-bond acceptors (Lipinski definition) is 2. The first kappa shape index (κ1) is 19.8. The summed E-state index contributed by atoms with van der Waals surface area (Å²) in [5.41, 5.74) is 5.64. The van der Waals surface area contributed by atoms with Crippen LogP contribution in [0.2, 0.25) is 0 Å². The molecule has 0 saturated carbocycles. The van der Waals surface area contributed by atoms with Crippen molar-refractivity contribution in [3.05, 3.63) is 101 Å². The van der Waals surface area contributed by atoms with E-state index >= 15 is 0 Å². The normalized spacial score (nSPS) is 10.8. The van der Waals surface area contributed by atoms with E-state index in [1.807, 2.05) is 55.5 Å². The molecule has 0 aromatic heterocycles. The van der Waals surface area contributed by atoms with Gasteiger partial charge in [-0.3, -0.25) is 9.69 Å². The van der Waals surface area contributed by atoms with Gasteiger partial charge in [-0.15, -0.1) is 0 Å². The van der Waals surface area contributed by atoms with Crippen LogP contribution in [0.3, 0.4) is 0 Å². The minimum absolute atomic E-state index is 0.0239. The number of hydrogen-bond donors (Lipinski definition) is 1. The van der Waals surface area contributed by atoms with Crippen LogP contribution in [0, 0.1) is 6.92 Å². The zero-order chi connectivity index (χ0) is 19.8. The van der Waals surface area contributed by atoms with E-state index in [4.69, 9.17) is 0 Å². The van der Waals surface area contributed by atoms with Crippen LogP contribution in [0.5, 0.6) is 0 Å². The van der Waals surface area contributed by atoms with Crippen molar-refractivity contribution in [2.45, 2.75) is 33.4 Å². The third kappa shape index (κ3) is 5.54. The molecule has 28 heavy (non-hydrogen) atoms. The standard InChI is InChI=1S/C25H28N2O/c1-3-23-16-10-11-20(2)25(23)26-24(28)19-27(17-21-12-6-4-7-13-21)18-22-14-8-5-9-15-22/h4-16H,3,17-19H2,1-2H3,(H,26,28). The number of carbonyl (C=O) groups excluding carboxylic acids is 1. The maximum absolute atomic E-state index is 12.9. The van der Waals surface area contributed by atoms with Crippen LogP contribution in [0.4, 0.5) is 5.69 Å². The van der Waals surface area contributed by atoms with E-state index in [1.165, 1.54) is 16.7 Å². The molecular formula is C25H28N2O. The number of anilines is 1. The average Bonchev–Trinajstić information content (AvgIpc) is 2.71. The molecule has 0 unspecified atom stereocenters. The smallest absolute Gasteiger partial charge is 0.238 e. The maximum atomic E-state index is 12.9. The minimum Gasteiger partial charge on any atom is -0.324 e. The Balaban J connectivity index is 1.74. The van der Waals surface area contributed by atoms with Crippen LogP contribution in [0.1, 0.15) is 29.2 Å². The maximum Gasteiger partial charge on any atom is 0.238 e. The molecule has 0 saturated heterocycles. The molecule has 0 fully saturated rings. The Hall–Kier alpha value is -2.91. The Labute approximate surface area is 168 Å². The van der Waals surface area contributed by atoms with E-state index in [1.54, 1.807) is 0 Å². The van der Waals surface area contributed by atoms with Gasteiger partial charge in [-0.2, -0.15) is 0 Å². The van der Waals surface area contributed by atoms with E-state index in [-0.39, 0.29) is 5.91 Å². The molecule has 3 aromatic carbocycles. The van der Waals surface area contributed by atoms with Crippen molar-refractivity contribution in [3.8, 4) is 0 Å². The molecule has 0 spiro atoms. The van der Waals surface area contributed by atoms with Crippen LogP contribution < -0.4 is 5.32 Å². The highest BCUT2D eigenvalue weighted by Crippen LogP contribution is 2.21.